The largest absolute Gasteiger partial charge is 0.326 e. The second-order valence-electron chi connectivity index (χ2n) is 7.16. The van der Waals surface area contributed by atoms with Crippen LogP contribution in [0.15, 0.2) is 34.8 Å². The molecule has 26 heavy (non-hydrogen) atoms. The van der Waals surface area contributed by atoms with E-state index in [0.717, 1.165) is 38.1 Å². The van der Waals surface area contributed by atoms with Gasteiger partial charge in [-0.05, 0) is 74.2 Å². The summed E-state index contributed by atoms with van der Waals surface area (Å²) in [6.45, 7) is 8.43. The summed E-state index contributed by atoms with van der Waals surface area (Å²) < 4.78 is 1.05. The van der Waals surface area contributed by atoms with Gasteiger partial charge < -0.3 is 10.2 Å². The number of nitrogens with one attached hydrogen (secondary N) is 1. The molecule has 0 aliphatic carbocycles. The molecule has 1 aliphatic rings. The predicted molar refractivity (Wildman–Crippen MR) is 109 cm³/mol. The molecular weight excluding hydrogens is 392 g/mol. The van der Waals surface area contributed by atoms with Crippen molar-refractivity contribution in [3.8, 4) is 0 Å². The lowest BCUT2D eigenvalue weighted by atomic mass is 10.1. The molecule has 0 radical (unpaired) electrons. The van der Waals surface area contributed by atoms with Crippen LogP contribution in [0.5, 0.6) is 0 Å². The van der Waals surface area contributed by atoms with Crippen LogP contribution in [0.3, 0.4) is 0 Å². The van der Waals surface area contributed by atoms with Crippen molar-refractivity contribution in [3.05, 3.63) is 57.1 Å². The minimum Gasteiger partial charge on any atom is -0.326 e. The third-order valence-electron chi connectivity index (χ3n) is 4.72. The molecule has 2 aromatic rings. The lowest BCUT2D eigenvalue weighted by molar-refractivity contribution is -0.122. The van der Waals surface area contributed by atoms with Gasteiger partial charge in [0.05, 0.1) is 5.92 Å². The van der Waals surface area contributed by atoms with Crippen LogP contribution >= 0.6 is 15.9 Å². The van der Waals surface area contributed by atoms with Crippen LogP contribution in [0.25, 0.3) is 0 Å². The van der Waals surface area contributed by atoms with Crippen molar-refractivity contribution < 1.29 is 9.59 Å². The summed E-state index contributed by atoms with van der Waals surface area (Å²) in [5.74, 6) is -0.447. The van der Waals surface area contributed by atoms with Gasteiger partial charge in [0.25, 0.3) is 0 Å². The SMILES string of the molecule is Cc1cc(C)cc(N2C[C@@H](C(=O)Nc3cc(C)c(Br)c(C)c3)CC2=O)c1. The van der Waals surface area contributed by atoms with Gasteiger partial charge in [-0.1, -0.05) is 22.0 Å². The molecule has 136 valence electrons. The van der Waals surface area contributed by atoms with Gasteiger partial charge in [0.2, 0.25) is 11.8 Å². The smallest absolute Gasteiger partial charge is 0.229 e. The summed E-state index contributed by atoms with van der Waals surface area (Å²) >= 11 is 3.53. The molecule has 1 saturated heterocycles. The number of halogens is 1. The number of aryl methyl sites for hydroxylation is 4. The van der Waals surface area contributed by atoms with Gasteiger partial charge in [-0.3, -0.25) is 9.59 Å². The minimum absolute atomic E-state index is 0.00156. The van der Waals surface area contributed by atoms with E-state index in [1.54, 1.807) is 4.90 Å². The first-order valence-corrected chi connectivity index (χ1v) is 9.50. The molecule has 4 nitrogen and oxygen atoms in total. The Bertz CT molecular complexity index is 848. The number of hydrogen-bond acceptors (Lipinski definition) is 2. The molecule has 0 unspecified atom stereocenters. The first-order chi connectivity index (χ1) is 12.2. The third-order valence-corrected chi connectivity index (χ3v) is 5.97. The molecule has 0 bridgehead atoms. The van der Waals surface area contributed by atoms with Gasteiger partial charge in [0.1, 0.15) is 0 Å². The fourth-order valence-corrected chi connectivity index (χ4v) is 3.73. The molecule has 2 aromatic carbocycles. The van der Waals surface area contributed by atoms with E-state index in [2.05, 4.69) is 27.3 Å². The summed E-state index contributed by atoms with van der Waals surface area (Å²) in [6.07, 6.45) is 0.243. The van der Waals surface area contributed by atoms with E-state index in [-0.39, 0.29) is 24.2 Å². The molecule has 1 N–H and O–H groups in total. The second kappa shape index (κ2) is 7.23. The van der Waals surface area contributed by atoms with Crippen molar-refractivity contribution in [1.82, 2.24) is 0 Å². The van der Waals surface area contributed by atoms with E-state index >= 15 is 0 Å². The second-order valence-corrected chi connectivity index (χ2v) is 7.96. The Balaban J connectivity index is 1.75. The zero-order valence-corrected chi connectivity index (χ0v) is 17.1. The zero-order chi connectivity index (χ0) is 19.0. The number of nitrogens with zero attached hydrogens (tertiary/aromatic N) is 1. The molecule has 1 atom stereocenters. The van der Waals surface area contributed by atoms with Crippen LogP contribution in [0.4, 0.5) is 11.4 Å². The molecule has 0 saturated carbocycles. The van der Waals surface area contributed by atoms with Crippen LogP contribution in [0.2, 0.25) is 0 Å². The highest BCUT2D eigenvalue weighted by Crippen LogP contribution is 2.29. The molecule has 1 aliphatic heterocycles. The van der Waals surface area contributed by atoms with Gasteiger partial charge >= 0.3 is 0 Å². The summed E-state index contributed by atoms with van der Waals surface area (Å²) in [4.78, 5) is 26.9. The Morgan fingerprint density at radius 2 is 1.62 bits per heavy atom. The standard InChI is InChI=1S/C21H23BrN2O2/c1-12-5-13(2)7-18(6-12)24-11-16(10-19(24)25)21(26)23-17-8-14(3)20(22)15(4)9-17/h5-9,16H,10-11H2,1-4H3,(H,23,26)/t16-/m0/s1. The van der Waals surface area contributed by atoms with Gasteiger partial charge in [0, 0.05) is 28.8 Å². The van der Waals surface area contributed by atoms with Crippen molar-refractivity contribution in [1.29, 1.82) is 0 Å². The topological polar surface area (TPSA) is 49.4 Å². The molecule has 3 rings (SSSR count). The van der Waals surface area contributed by atoms with Gasteiger partial charge in [-0.25, -0.2) is 0 Å². The lowest BCUT2D eigenvalue weighted by Crippen LogP contribution is -2.28. The van der Waals surface area contributed by atoms with Gasteiger partial charge in [-0.15, -0.1) is 0 Å². The highest BCUT2D eigenvalue weighted by Gasteiger charge is 2.35. The van der Waals surface area contributed by atoms with Crippen molar-refractivity contribution >= 4 is 39.1 Å². The molecule has 0 spiro atoms. The number of carbonyl (C=O) groups excluding carboxylic acids is 2. The van der Waals surface area contributed by atoms with Crippen molar-refractivity contribution in [2.75, 3.05) is 16.8 Å². The first kappa shape index (κ1) is 18.6. The summed E-state index contributed by atoms with van der Waals surface area (Å²) in [7, 11) is 0. The van der Waals surface area contributed by atoms with Crippen LogP contribution < -0.4 is 10.2 Å². The fraction of sp³-hybridized carbons (Fsp3) is 0.333. The first-order valence-electron chi connectivity index (χ1n) is 8.71. The van der Waals surface area contributed by atoms with E-state index in [9.17, 15) is 9.59 Å². The molecule has 1 heterocycles. The monoisotopic (exact) mass is 414 g/mol. The number of hydrogen-bond donors (Lipinski definition) is 1. The summed E-state index contributed by atoms with van der Waals surface area (Å²) in [5.41, 5.74) is 6.01. The third kappa shape index (κ3) is 3.83. The van der Waals surface area contributed by atoms with E-state index in [1.165, 1.54) is 0 Å². The Labute approximate surface area is 162 Å². The van der Waals surface area contributed by atoms with Crippen LogP contribution in [-0.2, 0) is 9.59 Å². The highest BCUT2D eigenvalue weighted by atomic mass is 79.9. The van der Waals surface area contributed by atoms with Crippen LogP contribution in [0.1, 0.15) is 28.7 Å². The quantitative estimate of drug-likeness (QED) is 0.792. The van der Waals surface area contributed by atoms with Crippen molar-refractivity contribution in [2.24, 2.45) is 5.92 Å². The average Bonchev–Trinajstić information content (AvgIpc) is 2.93. The van der Waals surface area contributed by atoms with Gasteiger partial charge in [-0.2, -0.15) is 0 Å². The van der Waals surface area contributed by atoms with E-state index in [0.29, 0.717) is 6.54 Å². The maximum absolute atomic E-state index is 12.7. The normalized spacial score (nSPS) is 16.9. The molecule has 0 aromatic heterocycles. The van der Waals surface area contributed by atoms with Gasteiger partial charge in [0.15, 0.2) is 0 Å². The lowest BCUT2D eigenvalue weighted by Gasteiger charge is -2.18. The summed E-state index contributed by atoms with van der Waals surface area (Å²) in [5, 5.41) is 2.97. The molecule has 1 fully saturated rings. The van der Waals surface area contributed by atoms with Crippen LogP contribution in [-0.4, -0.2) is 18.4 Å². The van der Waals surface area contributed by atoms with Crippen molar-refractivity contribution in [2.45, 2.75) is 34.1 Å². The highest BCUT2D eigenvalue weighted by molar-refractivity contribution is 9.10. The Morgan fingerprint density at radius 3 is 2.19 bits per heavy atom. The fourth-order valence-electron chi connectivity index (χ4n) is 3.50. The van der Waals surface area contributed by atoms with E-state index in [1.807, 2.05) is 52.0 Å². The van der Waals surface area contributed by atoms with Crippen molar-refractivity contribution in [3.63, 3.8) is 0 Å². The average molecular weight is 415 g/mol. The maximum atomic E-state index is 12.7. The molecular formula is C21H23BrN2O2. The number of rotatable bonds is 3. The zero-order valence-electron chi connectivity index (χ0n) is 15.5. The minimum atomic E-state index is -0.340. The number of anilines is 2. The Morgan fingerprint density at radius 1 is 1.04 bits per heavy atom. The van der Waals surface area contributed by atoms with E-state index in [4.69, 9.17) is 0 Å². The molecule has 5 heteroatoms. The number of benzene rings is 2. The van der Waals surface area contributed by atoms with E-state index < -0.39 is 0 Å². The molecule has 2 amide bonds. The summed E-state index contributed by atoms with van der Waals surface area (Å²) in [6, 6.07) is 9.94. The maximum Gasteiger partial charge on any atom is 0.229 e. The Hall–Kier alpha value is -2.14. The predicted octanol–water partition coefficient (Wildman–Crippen LogP) is 4.67. The number of amides is 2. The Kier molecular flexibility index (Phi) is 5.19. The van der Waals surface area contributed by atoms with Crippen LogP contribution in [0, 0.1) is 33.6 Å². The number of carbonyl (C=O) groups is 2.